The van der Waals surface area contributed by atoms with Crippen LogP contribution in [0.1, 0.15) is 58.4 Å². The van der Waals surface area contributed by atoms with Gasteiger partial charge in [-0.2, -0.15) is 4.31 Å². The van der Waals surface area contributed by atoms with E-state index in [4.69, 9.17) is 0 Å². The van der Waals surface area contributed by atoms with Crippen molar-refractivity contribution < 1.29 is 13.5 Å². The Morgan fingerprint density at radius 3 is 2.61 bits per heavy atom. The summed E-state index contributed by atoms with van der Waals surface area (Å²) in [5.41, 5.74) is 0. The first-order valence-corrected chi connectivity index (χ1v) is 10.1. The third-order valence-corrected chi connectivity index (χ3v) is 7.08. The quantitative estimate of drug-likeness (QED) is 0.911. The van der Waals surface area contributed by atoms with Gasteiger partial charge in [0.25, 0.3) is 10.0 Å². The van der Waals surface area contributed by atoms with E-state index < -0.39 is 10.0 Å². The Labute approximate surface area is 138 Å². The minimum absolute atomic E-state index is 0.0632. The number of hydrogen-bond acceptors (Lipinski definition) is 4. The Morgan fingerprint density at radius 2 is 1.96 bits per heavy atom. The van der Waals surface area contributed by atoms with Crippen LogP contribution < -0.4 is 0 Å². The number of aliphatic hydroxyl groups is 1. The summed E-state index contributed by atoms with van der Waals surface area (Å²) in [6, 6.07) is 0.0977. The normalized spacial score (nSPS) is 30.2. The Hall–Kier alpha value is -0.920. The van der Waals surface area contributed by atoms with Crippen molar-refractivity contribution in [3.63, 3.8) is 0 Å². The van der Waals surface area contributed by atoms with Crippen LogP contribution >= 0.6 is 0 Å². The van der Waals surface area contributed by atoms with Crippen LogP contribution in [0.3, 0.4) is 0 Å². The first kappa shape index (κ1) is 16.9. The molecule has 1 aliphatic carbocycles. The molecule has 2 heterocycles. The van der Waals surface area contributed by atoms with Crippen molar-refractivity contribution in [2.75, 3.05) is 6.54 Å². The smallest absolute Gasteiger partial charge is 0.262 e. The van der Waals surface area contributed by atoms with Gasteiger partial charge in [0.05, 0.1) is 12.4 Å². The molecule has 23 heavy (non-hydrogen) atoms. The molecule has 0 spiro atoms. The van der Waals surface area contributed by atoms with E-state index in [1.807, 2.05) is 18.4 Å². The van der Waals surface area contributed by atoms with Gasteiger partial charge in [-0.1, -0.05) is 12.8 Å². The number of nitrogens with zero attached hydrogens (tertiary/aromatic N) is 3. The molecule has 1 saturated heterocycles. The molecular formula is C16H27N3O3S. The molecule has 130 valence electrons. The van der Waals surface area contributed by atoms with E-state index in [0.29, 0.717) is 6.54 Å². The summed E-state index contributed by atoms with van der Waals surface area (Å²) in [4.78, 5) is 4.12. The van der Waals surface area contributed by atoms with E-state index in [2.05, 4.69) is 4.98 Å². The zero-order chi connectivity index (χ0) is 16.6. The lowest BCUT2D eigenvalue weighted by Gasteiger charge is -2.36. The number of aliphatic hydroxyl groups excluding tert-OH is 1. The minimum Gasteiger partial charge on any atom is -0.393 e. The van der Waals surface area contributed by atoms with E-state index in [-0.39, 0.29) is 29.1 Å². The van der Waals surface area contributed by atoms with Gasteiger partial charge in [0.2, 0.25) is 0 Å². The standard InChI is InChI=1S/C16H27N3O3S/c1-12(2)18-10-16(17-11-18)23(21,22)19-9-5-7-14(19)13-6-3-4-8-15(13)20/h10-15,20H,3-9H2,1-2H3/t13-,14+,15-/m0/s1. The second-order valence-electron chi connectivity index (χ2n) is 7.09. The lowest BCUT2D eigenvalue weighted by atomic mass is 9.81. The molecule has 2 aliphatic rings. The zero-order valence-electron chi connectivity index (χ0n) is 13.9. The van der Waals surface area contributed by atoms with Gasteiger partial charge in [-0.05, 0) is 39.5 Å². The molecule has 1 aromatic rings. The molecule has 6 nitrogen and oxygen atoms in total. The predicted molar refractivity (Wildman–Crippen MR) is 87.5 cm³/mol. The van der Waals surface area contributed by atoms with Crippen LogP contribution in [0.5, 0.6) is 0 Å². The second-order valence-corrected chi connectivity index (χ2v) is 8.93. The number of hydrogen-bond donors (Lipinski definition) is 1. The second kappa shape index (κ2) is 6.53. The van der Waals surface area contributed by atoms with Crippen LogP contribution in [0, 0.1) is 5.92 Å². The number of aromatic nitrogens is 2. The molecule has 2 fully saturated rings. The third kappa shape index (κ3) is 3.19. The average molecular weight is 341 g/mol. The minimum atomic E-state index is -3.58. The summed E-state index contributed by atoms with van der Waals surface area (Å²) in [5, 5.41) is 10.4. The maximum absolute atomic E-state index is 13.0. The number of sulfonamides is 1. The fourth-order valence-corrected chi connectivity index (χ4v) is 5.60. The van der Waals surface area contributed by atoms with Crippen molar-refractivity contribution in [2.24, 2.45) is 5.92 Å². The maximum Gasteiger partial charge on any atom is 0.262 e. The van der Waals surface area contributed by atoms with Crippen LogP contribution in [0.15, 0.2) is 17.6 Å². The Kier molecular flexibility index (Phi) is 4.80. The monoisotopic (exact) mass is 341 g/mol. The molecule has 3 atom stereocenters. The molecule has 3 rings (SSSR count). The number of imidazole rings is 1. The molecule has 1 aromatic heterocycles. The van der Waals surface area contributed by atoms with Gasteiger partial charge in [-0.3, -0.25) is 0 Å². The van der Waals surface area contributed by atoms with Crippen molar-refractivity contribution in [3.8, 4) is 0 Å². The summed E-state index contributed by atoms with van der Waals surface area (Å²) in [5.74, 6) is 0.0632. The summed E-state index contributed by atoms with van der Waals surface area (Å²) in [6.07, 6.45) is 8.34. The highest BCUT2D eigenvalue weighted by atomic mass is 32.2. The Balaban J connectivity index is 1.85. The van der Waals surface area contributed by atoms with Crippen LogP contribution in [0.4, 0.5) is 0 Å². The predicted octanol–water partition coefficient (Wildman–Crippen LogP) is 2.17. The fraction of sp³-hybridized carbons (Fsp3) is 0.812. The SMILES string of the molecule is CC(C)n1cnc(S(=O)(=O)N2CCC[C@@H]2[C@@H]2CCCC[C@@H]2O)c1. The van der Waals surface area contributed by atoms with Gasteiger partial charge < -0.3 is 9.67 Å². The highest BCUT2D eigenvalue weighted by Gasteiger charge is 2.43. The lowest BCUT2D eigenvalue weighted by molar-refractivity contribution is 0.0386. The lowest BCUT2D eigenvalue weighted by Crippen LogP contribution is -2.45. The van der Waals surface area contributed by atoms with Crippen molar-refractivity contribution in [3.05, 3.63) is 12.5 Å². The molecule has 0 aromatic carbocycles. The van der Waals surface area contributed by atoms with E-state index in [1.165, 1.54) is 0 Å². The van der Waals surface area contributed by atoms with Crippen molar-refractivity contribution in [1.29, 1.82) is 0 Å². The molecule has 1 saturated carbocycles. The van der Waals surface area contributed by atoms with Crippen LogP contribution in [0.2, 0.25) is 0 Å². The third-order valence-electron chi connectivity index (χ3n) is 5.27. The summed E-state index contributed by atoms with van der Waals surface area (Å²) in [7, 11) is -3.58. The van der Waals surface area contributed by atoms with Gasteiger partial charge in [-0.15, -0.1) is 0 Å². The fourth-order valence-electron chi connectivity index (χ4n) is 3.93. The number of rotatable bonds is 4. The molecule has 0 unspecified atom stereocenters. The Bertz CT molecular complexity index is 641. The highest BCUT2D eigenvalue weighted by molar-refractivity contribution is 7.89. The summed E-state index contributed by atoms with van der Waals surface area (Å²) in [6.45, 7) is 4.52. The van der Waals surface area contributed by atoms with Crippen LogP contribution in [0.25, 0.3) is 0 Å². The molecule has 0 radical (unpaired) electrons. The van der Waals surface area contributed by atoms with E-state index >= 15 is 0 Å². The van der Waals surface area contributed by atoms with E-state index in [0.717, 1.165) is 38.5 Å². The first-order chi connectivity index (χ1) is 10.9. The zero-order valence-corrected chi connectivity index (χ0v) is 14.7. The van der Waals surface area contributed by atoms with Gasteiger partial charge >= 0.3 is 0 Å². The largest absolute Gasteiger partial charge is 0.393 e. The molecular weight excluding hydrogens is 314 g/mol. The van der Waals surface area contributed by atoms with Gasteiger partial charge in [0.15, 0.2) is 5.03 Å². The molecule has 7 heteroatoms. The summed E-state index contributed by atoms with van der Waals surface area (Å²) >= 11 is 0. The van der Waals surface area contributed by atoms with Crippen molar-refractivity contribution >= 4 is 10.0 Å². The molecule has 1 aliphatic heterocycles. The van der Waals surface area contributed by atoms with Gasteiger partial charge in [0, 0.05) is 30.7 Å². The van der Waals surface area contributed by atoms with Crippen LogP contribution in [-0.2, 0) is 10.0 Å². The highest BCUT2D eigenvalue weighted by Crippen LogP contribution is 2.37. The van der Waals surface area contributed by atoms with Gasteiger partial charge in [0.1, 0.15) is 0 Å². The maximum atomic E-state index is 13.0. The topological polar surface area (TPSA) is 75.4 Å². The molecule has 1 N–H and O–H groups in total. The van der Waals surface area contributed by atoms with Gasteiger partial charge in [-0.25, -0.2) is 13.4 Å². The van der Waals surface area contributed by atoms with Crippen molar-refractivity contribution in [2.45, 2.75) is 75.6 Å². The average Bonchev–Trinajstić information content (AvgIpc) is 3.17. The van der Waals surface area contributed by atoms with E-state index in [1.54, 1.807) is 16.8 Å². The molecule has 0 bridgehead atoms. The van der Waals surface area contributed by atoms with Crippen molar-refractivity contribution in [1.82, 2.24) is 13.9 Å². The Morgan fingerprint density at radius 1 is 1.22 bits per heavy atom. The molecule has 0 amide bonds. The summed E-state index contributed by atoms with van der Waals surface area (Å²) < 4.78 is 29.4. The van der Waals surface area contributed by atoms with E-state index in [9.17, 15) is 13.5 Å². The first-order valence-electron chi connectivity index (χ1n) is 8.64. The van der Waals surface area contributed by atoms with Crippen LogP contribution in [-0.4, -0.2) is 46.1 Å².